The smallest absolute Gasteiger partial charge is 0.140 e. The van der Waals surface area contributed by atoms with E-state index >= 15 is 0 Å². The highest BCUT2D eigenvalue weighted by Crippen LogP contribution is 2.60. The summed E-state index contributed by atoms with van der Waals surface area (Å²) in [6.07, 6.45) is 4.11. The van der Waals surface area contributed by atoms with Crippen molar-refractivity contribution in [3.8, 4) is 0 Å². The first-order chi connectivity index (χ1) is 9.59. The van der Waals surface area contributed by atoms with Crippen molar-refractivity contribution in [2.75, 3.05) is 6.61 Å². The van der Waals surface area contributed by atoms with Crippen molar-refractivity contribution in [1.82, 2.24) is 0 Å². The van der Waals surface area contributed by atoms with Crippen LogP contribution in [0.2, 0.25) is 11.1 Å². The van der Waals surface area contributed by atoms with Gasteiger partial charge in [0.1, 0.15) is 9.28 Å². The predicted molar refractivity (Wildman–Crippen MR) is 105 cm³/mol. The van der Waals surface area contributed by atoms with Gasteiger partial charge in [0.15, 0.2) is 0 Å². The van der Waals surface area contributed by atoms with Crippen LogP contribution in [0.3, 0.4) is 0 Å². The Morgan fingerprint density at radius 3 is 2.24 bits per heavy atom. The number of hydrogen-bond donors (Lipinski definition) is 0. The Labute approximate surface area is 140 Å². The summed E-state index contributed by atoms with van der Waals surface area (Å²) in [4.78, 5) is 0. The molecule has 21 heavy (non-hydrogen) atoms. The zero-order valence-electron chi connectivity index (χ0n) is 16.0. The minimum Gasteiger partial charge on any atom is -0.428 e. The summed E-state index contributed by atoms with van der Waals surface area (Å²) in [5.41, 5.74) is 0.857. The van der Waals surface area contributed by atoms with Gasteiger partial charge in [-0.15, -0.1) is 0 Å². The lowest BCUT2D eigenvalue weighted by molar-refractivity contribution is 0.00854. The highest BCUT2D eigenvalue weighted by molar-refractivity contribution is 7.35. The van der Waals surface area contributed by atoms with Gasteiger partial charge in [-0.25, -0.2) is 0 Å². The van der Waals surface area contributed by atoms with Gasteiger partial charge in [0.2, 0.25) is 0 Å². The average Bonchev–Trinajstić information content (AvgIpc) is 2.45. The van der Waals surface area contributed by atoms with Crippen LogP contribution in [0.25, 0.3) is 0 Å². The van der Waals surface area contributed by atoms with Gasteiger partial charge in [-0.3, -0.25) is 0 Å². The molecule has 0 amide bonds. The molecule has 0 aromatic rings. The normalized spacial score (nSPS) is 25.4. The van der Waals surface area contributed by atoms with Crippen LogP contribution in [-0.4, -0.2) is 32.8 Å². The first kappa shape index (κ1) is 19.7. The molecule has 0 radical (unpaired) electrons. The molecule has 2 atom stereocenters. The zero-order valence-corrected chi connectivity index (χ0v) is 20.0. The molecule has 0 spiro atoms. The van der Waals surface area contributed by atoms with Crippen LogP contribution in [0.1, 0.15) is 74.7 Å². The molecular formula is C17H40OSi3. The van der Waals surface area contributed by atoms with E-state index < -0.39 is 8.31 Å². The third-order valence-electron chi connectivity index (χ3n) is 7.69. The Hall–Kier alpha value is 0.611. The standard InChI is InChI=1S/C17H40OSi3/c1-9-10-11-14(2)15(3,4)16(5,6)17(7,8)21-13-12-18-19-20-21/h14,21H,9-13,19-20H2,1-8H3. The summed E-state index contributed by atoms with van der Waals surface area (Å²) in [6, 6.07) is 1.47. The quantitative estimate of drug-likeness (QED) is 0.642. The summed E-state index contributed by atoms with van der Waals surface area (Å²) in [6.45, 7) is 21.5. The molecule has 1 fully saturated rings. The molecule has 1 rings (SSSR count). The lowest BCUT2D eigenvalue weighted by atomic mass is 9.56. The maximum atomic E-state index is 5.83. The first-order valence-corrected chi connectivity index (χ1v) is 18.4. The second-order valence-corrected chi connectivity index (χ2v) is 24.9. The Kier molecular flexibility index (Phi) is 6.98. The van der Waals surface area contributed by atoms with Crippen LogP contribution in [0.4, 0.5) is 0 Å². The van der Waals surface area contributed by atoms with E-state index in [-0.39, 0.29) is 17.8 Å². The largest absolute Gasteiger partial charge is 0.428 e. The Morgan fingerprint density at radius 1 is 1.14 bits per heavy atom. The van der Waals surface area contributed by atoms with E-state index in [1.807, 2.05) is 0 Å². The summed E-state index contributed by atoms with van der Waals surface area (Å²) in [5.74, 6) is 0.819. The molecule has 0 N–H and O–H groups in total. The zero-order chi connectivity index (χ0) is 16.3. The molecule has 1 nitrogen and oxygen atoms in total. The molecule has 2 unspecified atom stereocenters. The van der Waals surface area contributed by atoms with Gasteiger partial charge in [-0.1, -0.05) is 74.7 Å². The second-order valence-electron chi connectivity index (χ2n) is 9.00. The predicted octanol–water partition coefficient (Wildman–Crippen LogP) is 3.57. The van der Waals surface area contributed by atoms with E-state index in [1.165, 1.54) is 25.3 Å². The van der Waals surface area contributed by atoms with E-state index in [0.717, 1.165) is 12.5 Å². The molecule has 126 valence electrons. The number of rotatable bonds is 7. The molecule has 1 aliphatic heterocycles. The lowest BCUT2D eigenvalue weighted by Crippen LogP contribution is -2.54. The molecule has 4 heteroatoms. The molecule has 1 aliphatic rings. The summed E-state index contributed by atoms with van der Waals surface area (Å²) < 4.78 is 5.83. The average molecular weight is 345 g/mol. The van der Waals surface area contributed by atoms with Gasteiger partial charge < -0.3 is 4.43 Å². The van der Waals surface area contributed by atoms with Crippen LogP contribution < -0.4 is 0 Å². The first-order valence-electron chi connectivity index (χ1n) is 9.16. The molecule has 0 aromatic carbocycles. The Morgan fingerprint density at radius 2 is 1.76 bits per heavy atom. The van der Waals surface area contributed by atoms with Crippen molar-refractivity contribution < 1.29 is 4.43 Å². The van der Waals surface area contributed by atoms with Crippen LogP contribution >= 0.6 is 0 Å². The summed E-state index contributed by atoms with van der Waals surface area (Å²) in [7, 11) is -0.410. The van der Waals surface area contributed by atoms with Crippen molar-refractivity contribution in [2.24, 2.45) is 16.7 Å². The third kappa shape index (κ3) is 3.93. The van der Waals surface area contributed by atoms with Crippen LogP contribution in [0.15, 0.2) is 0 Å². The van der Waals surface area contributed by atoms with Gasteiger partial charge >= 0.3 is 0 Å². The van der Waals surface area contributed by atoms with Crippen molar-refractivity contribution >= 4 is 26.1 Å². The molecule has 0 saturated carbocycles. The molecule has 0 aromatic heterocycles. The maximum Gasteiger partial charge on any atom is 0.140 e. The minimum atomic E-state index is -0.553. The SMILES string of the molecule is CCCCC(C)C(C)(C)C(C)(C)C(C)(C)[SiH]1CCO[SiH2][SiH2]1. The number of unbranched alkanes of at least 4 members (excludes halogenated alkanes) is 1. The van der Waals surface area contributed by atoms with Crippen LogP contribution in [-0.2, 0) is 4.43 Å². The van der Waals surface area contributed by atoms with E-state index in [1.54, 1.807) is 0 Å². The molecular weight excluding hydrogens is 304 g/mol. The van der Waals surface area contributed by atoms with Crippen molar-refractivity contribution in [2.45, 2.75) is 85.7 Å². The number of hydrogen-bond acceptors (Lipinski definition) is 1. The van der Waals surface area contributed by atoms with Gasteiger partial charge in [0.25, 0.3) is 0 Å². The van der Waals surface area contributed by atoms with E-state index in [2.05, 4.69) is 55.4 Å². The topological polar surface area (TPSA) is 9.23 Å². The lowest BCUT2D eigenvalue weighted by Gasteiger charge is -2.58. The molecule has 0 aliphatic carbocycles. The van der Waals surface area contributed by atoms with E-state index in [0.29, 0.717) is 15.9 Å². The van der Waals surface area contributed by atoms with Crippen LogP contribution in [0, 0.1) is 16.7 Å². The Bertz CT molecular complexity index is 320. The van der Waals surface area contributed by atoms with Crippen molar-refractivity contribution in [3.05, 3.63) is 0 Å². The monoisotopic (exact) mass is 344 g/mol. The van der Waals surface area contributed by atoms with E-state index in [4.69, 9.17) is 4.43 Å². The minimum absolute atomic E-state index is 0.0526. The van der Waals surface area contributed by atoms with Gasteiger partial charge in [-0.2, -0.15) is 0 Å². The fourth-order valence-electron chi connectivity index (χ4n) is 4.25. The van der Waals surface area contributed by atoms with Gasteiger partial charge in [0, 0.05) is 23.5 Å². The molecule has 0 bridgehead atoms. The molecule has 1 heterocycles. The van der Waals surface area contributed by atoms with Crippen molar-refractivity contribution in [1.29, 1.82) is 0 Å². The highest BCUT2D eigenvalue weighted by atomic mass is 29.5. The van der Waals surface area contributed by atoms with Gasteiger partial charge in [-0.05, 0) is 27.8 Å². The highest BCUT2D eigenvalue weighted by Gasteiger charge is 2.53. The summed E-state index contributed by atoms with van der Waals surface area (Å²) >= 11 is 0. The van der Waals surface area contributed by atoms with Crippen molar-refractivity contribution in [3.63, 3.8) is 0 Å². The van der Waals surface area contributed by atoms with Gasteiger partial charge in [0.05, 0.1) is 0 Å². The third-order valence-corrected chi connectivity index (χ3v) is 29.2. The fraction of sp³-hybridized carbons (Fsp3) is 1.00. The second kappa shape index (κ2) is 7.45. The fourth-order valence-corrected chi connectivity index (χ4v) is 29.2. The maximum absolute atomic E-state index is 5.83. The molecule has 1 saturated heterocycles. The van der Waals surface area contributed by atoms with Crippen LogP contribution in [0.5, 0.6) is 0 Å². The Balaban J connectivity index is 2.94. The summed E-state index contributed by atoms with van der Waals surface area (Å²) in [5, 5.41) is 0.583. The van der Waals surface area contributed by atoms with E-state index in [9.17, 15) is 0 Å².